The van der Waals surface area contributed by atoms with Crippen LogP contribution in [0.4, 0.5) is 4.79 Å². The number of nitrogens with zero attached hydrogens (tertiary/aromatic N) is 1. The topological polar surface area (TPSA) is 29.5 Å². The van der Waals surface area contributed by atoms with Gasteiger partial charge in [0.1, 0.15) is 5.60 Å². The summed E-state index contributed by atoms with van der Waals surface area (Å²) in [6, 6.07) is 0. The number of amides is 1. The zero-order valence-corrected chi connectivity index (χ0v) is 11.4. The molecule has 5 heteroatoms. The summed E-state index contributed by atoms with van der Waals surface area (Å²) in [5, 5.41) is 0.493. The van der Waals surface area contributed by atoms with Crippen molar-refractivity contribution in [1.82, 2.24) is 4.90 Å². The van der Waals surface area contributed by atoms with E-state index in [1.807, 2.05) is 20.8 Å². The van der Waals surface area contributed by atoms with Crippen molar-refractivity contribution in [2.75, 3.05) is 13.1 Å². The number of likely N-dealkylation sites (tertiary alicyclic amines) is 1. The van der Waals surface area contributed by atoms with E-state index < -0.39 is 5.60 Å². The predicted octanol–water partition coefficient (Wildman–Crippen LogP) is 2.82. The van der Waals surface area contributed by atoms with Crippen molar-refractivity contribution in [2.45, 2.75) is 38.5 Å². The summed E-state index contributed by atoms with van der Waals surface area (Å²) in [5.41, 5.74) is -0.397. The van der Waals surface area contributed by atoms with Crippen molar-refractivity contribution < 1.29 is 9.53 Å². The third kappa shape index (κ3) is 3.79. The zero-order chi connectivity index (χ0) is 11.6. The molecular formula is C10H19NO2S2. The van der Waals surface area contributed by atoms with E-state index in [4.69, 9.17) is 4.74 Å². The Labute approximate surface area is 101 Å². The average molecular weight is 249 g/mol. The normalized spacial score (nSPS) is 19.7. The molecule has 1 aliphatic heterocycles. The smallest absolute Gasteiger partial charge is 0.410 e. The molecule has 0 aromatic carbocycles. The fraction of sp³-hybridized carbons (Fsp3) is 0.900. The summed E-state index contributed by atoms with van der Waals surface area (Å²) < 4.78 is 5.26. The first kappa shape index (κ1) is 13.0. The van der Waals surface area contributed by atoms with Gasteiger partial charge < -0.3 is 9.64 Å². The summed E-state index contributed by atoms with van der Waals surface area (Å²) in [6.45, 7) is 9.37. The fourth-order valence-electron chi connectivity index (χ4n) is 1.37. The van der Waals surface area contributed by atoms with Crippen LogP contribution in [-0.2, 0) is 4.74 Å². The van der Waals surface area contributed by atoms with Crippen molar-refractivity contribution in [3.63, 3.8) is 0 Å². The highest BCUT2D eigenvalue weighted by Crippen LogP contribution is 2.30. The highest BCUT2D eigenvalue weighted by molar-refractivity contribution is 8.68. The lowest BCUT2D eigenvalue weighted by atomic mass is 9.97. The Kier molecular flexibility index (Phi) is 4.23. The summed E-state index contributed by atoms with van der Waals surface area (Å²) in [7, 11) is 1.55. The Morgan fingerprint density at radius 1 is 1.53 bits per heavy atom. The molecule has 1 atom stereocenters. The lowest BCUT2D eigenvalue weighted by Gasteiger charge is -2.41. The van der Waals surface area contributed by atoms with Gasteiger partial charge >= 0.3 is 6.09 Å². The quantitative estimate of drug-likeness (QED) is 0.603. The first-order chi connectivity index (χ1) is 6.83. The van der Waals surface area contributed by atoms with E-state index in [1.54, 1.807) is 15.7 Å². The summed E-state index contributed by atoms with van der Waals surface area (Å²) in [6.07, 6.45) is -0.199. The van der Waals surface area contributed by atoms with E-state index in [9.17, 15) is 4.79 Å². The van der Waals surface area contributed by atoms with Crippen molar-refractivity contribution in [1.29, 1.82) is 0 Å². The number of carbonyl (C=O) groups excluding carboxylic acids is 1. The van der Waals surface area contributed by atoms with Gasteiger partial charge in [0.25, 0.3) is 0 Å². The Morgan fingerprint density at radius 2 is 2.07 bits per heavy atom. The molecule has 15 heavy (non-hydrogen) atoms. The van der Waals surface area contributed by atoms with Gasteiger partial charge in [-0.2, -0.15) is 0 Å². The first-order valence-corrected chi connectivity index (χ1v) is 7.05. The second-order valence-corrected chi connectivity index (χ2v) is 6.54. The second-order valence-electron chi connectivity index (χ2n) is 4.96. The van der Waals surface area contributed by atoms with Gasteiger partial charge in [0.2, 0.25) is 0 Å². The van der Waals surface area contributed by atoms with Crippen LogP contribution in [0, 0.1) is 5.92 Å². The number of hydrogen-bond donors (Lipinski definition) is 1. The number of carbonyl (C=O) groups is 1. The van der Waals surface area contributed by atoms with Crippen molar-refractivity contribution in [2.24, 2.45) is 5.92 Å². The minimum absolute atomic E-state index is 0.199. The second kappa shape index (κ2) is 4.87. The Hall–Kier alpha value is -0.0300. The highest BCUT2D eigenvalue weighted by Gasteiger charge is 2.36. The van der Waals surface area contributed by atoms with Gasteiger partial charge in [-0.1, -0.05) is 17.7 Å². The van der Waals surface area contributed by atoms with E-state index >= 15 is 0 Å². The zero-order valence-electron chi connectivity index (χ0n) is 9.69. The molecule has 1 unspecified atom stereocenters. The molecule has 0 N–H and O–H groups in total. The van der Waals surface area contributed by atoms with E-state index in [-0.39, 0.29) is 6.09 Å². The molecule has 0 spiro atoms. The van der Waals surface area contributed by atoms with Gasteiger partial charge in [-0.3, -0.25) is 0 Å². The number of rotatable bonds is 2. The SMILES string of the molecule is CC(SS)C1CN(C(=O)OC(C)(C)C)C1. The van der Waals surface area contributed by atoms with Crippen LogP contribution in [0.3, 0.4) is 0 Å². The van der Waals surface area contributed by atoms with Crippen LogP contribution in [0.1, 0.15) is 27.7 Å². The summed E-state index contributed by atoms with van der Waals surface area (Å²) >= 11 is 4.17. The molecule has 0 aromatic rings. The molecule has 1 rings (SSSR count). The van der Waals surface area contributed by atoms with Gasteiger partial charge in [0, 0.05) is 24.3 Å². The van der Waals surface area contributed by atoms with Gasteiger partial charge in [0.05, 0.1) is 0 Å². The molecule has 0 bridgehead atoms. The van der Waals surface area contributed by atoms with Crippen LogP contribution < -0.4 is 0 Å². The third-order valence-corrected chi connectivity index (χ3v) is 4.11. The van der Waals surface area contributed by atoms with Crippen LogP contribution in [-0.4, -0.2) is 34.9 Å². The van der Waals surface area contributed by atoms with Gasteiger partial charge in [-0.05, 0) is 20.8 Å². The first-order valence-electron chi connectivity index (χ1n) is 5.11. The Morgan fingerprint density at radius 3 is 2.47 bits per heavy atom. The van der Waals surface area contributed by atoms with Crippen LogP contribution in [0.15, 0.2) is 0 Å². The van der Waals surface area contributed by atoms with Crippen molar-refractivity contribution in [3.8, 4) is 0 Å². The number of ether oxygens (including phenoxy) is 1. The lowest BCUT2D eigenvalue weighted by Crippen LogP contribution is -2.54. The van der Waals surface area contributed by atoms with E-state index in [0.717, 1.165) is 13.1 Å². The summed E-state index contributed by atoms with van der Waals surface area (Å²) in [5.74, 6) is 0.556. The maximum absolute atomic E-state index is 11.6. The van der Waals surface area contributed by atoms with Crippen LogP contribution in [0.2, 0.25) is 0 Å². The maximum Gasteiger partial charge on any atom is 0.410 e. The molecule has 1 fully saturated rings. The molecule has 0 radical (unpaired) electrons. The van der Waals surface area contributed by atoms with Crippen LogP contribution >= 0.6 is 22.5 Å². The Balaban J connectivity index is 2.30. The standard InChI is InChI=1S/C10H19NO2S2/c1-7(15-14)8-5-11(6-8)9(12)13-10(2,3)4/h7-8,14H,5-6H2,1-4H3. The molecular weight excluding hydrogens is 230 g/mol. The molecule has 88 valence electrons. The number of hydrogen-bond acceptors (Lipinski definition) is 4. The largest absolute Gasteiger partial charge is 0.444 e. The van der Waals surface area contributed by atoms with Crippen LogP contribution in [0.25, 0.3) is 0 Å². The van der Waals surface area contributed by atoms with Gasteiger partial charge in [-0.25, -0.2) is 4.79 Å². The third-order valence-electron chi connectivity index (χ3n) is 2.39. The molecule has 0 aliphatic carbocycles. The van der Waals surface area contributed by atoms with E-state index in [0.29, 0.717) is 11.2 Å². The highest BCUT2D eigenvalue weighted by atomic mass is 33.1. The Bertz CT molecular complexity index is 234. The fourth-order valence-corrected chi connectivity index (χ4v) is 2.23. The van der Waals surface area contributed by atoms with Crippen molar-refractivity contribution in [3.05, 3.63) is 0 Å². The molecule has 1 amide bonds. The molecule has 1 heterocycles. The molecule has 3 nitrogen and oxygen atoms in total. The molecule has 1 saturated heterocycles. The van der Waals surface area contributed by atoms with E-state index in [2.05, 4.69) is 18.6 Å². The monoisotopic (exact) mass is 249 g/mol. The molecule has 0 saturated carbocycles. The summed E-state index contributed by atoms with van der Waals surface area (Å²) in [4.78, 5) is 13.3. The minimum Gasteiger partial charge on any atom is -0.444 e. The molecule has 1 aliphatic rings. The predicted molar refractivity (Wildman–Crippen MR) is 67.3 cm³/mol. The molecule has 0 aromatic heterocycles. The van der Waals surface area contributed by atoms with E-state index in [1.165, 1.54) is 0 Å². The number of thiol groups is 1. The van der Waals surface area contributed by atoms with Gasteiger partial charge in [-0.15, -0.1) is 11.7 Å². The lowest BCUT2D eigenvalue weighted by molar-refractivity contribution is -0.000527. The minimum atomic E-state index is -0.397. The average Bonchev–Trinajstić information content (AvgIpc) is 1.97. The van der Waals surface area contributed by atoms with Crippen molar-refractivity contribution >= 4 is 28.5 Å². The van der Waals surface area contributed by atoms with Crippen LogP contribution in [0.5, 0.6) is 0 Å². The van der Waals surface area contributed by atoms with Gasteiger partial charge in [0.15, 0.2) is 0 Å². The maximum atomic E-state index is 11.6.